The van der Waals surface area contributed by atoms with Crippen molar-refractivity contribution in [3.05, 3.63) is 48.2 Å². The number of ether oxygens (including phenoxy) is 1. The number of rotatable bonds is 2. The van der Waals surface area contributed by atoms with Crippen molar-refractivity contribution in [3.8, 4) is 5.75 Å². The largest absolute Gasteiger partial charge is 0.464 e. The van der Waals surface area contributed by atoms with Crippen molar-refractivity contribution in [2.45, 2.75) is 19.4 Å². The molecule has 6 heteroatoms. The third-order valence-electron chi connectivity index (χ3n) is 3.49. The van der Waals surface area contributed by atoms with Gasteiger partial charge in [0.15, 0.2) is 11.6 Å². The van der Waals surface area contributed by atoms with Crippen LogP contribution in [0.2, 0.25) is 0 Å². The van der Waals surface area contributed by atoms with E-state index in [4.69, 9.17) is 4.74 Å². The Morgan fingerprint density at radius 1 is 1.27 bits per heavy atom. The van der Waals surface area contributed by atoms with E-state index in [-0.39, 0.29) is 0 Å². The third kappa shape index (κ3) is 2.39. The molecule has 0 unspecified atom stereocenters. The molecule has 2 N–H and O–H groups in total. The lowest BCUT2D eigenvalue weighted by molar-refractivity contribution is -0.143. The topological polar surface area (TPSA) is 80.3 Å². The zero-order valence-corrected chi connectivity index (χ0v) is 12.2. The molecule has 2 amide bonds. The summed E-state index contributed by atoms with van der Waals surface area (Å²) in [5.41, 5.74) is 0.0297. The average Bonchev–Trinajstić information content (AvgIpc) is 2.50. The van der Waals surface area contributed by atoms with E-state index in [9.17, 15) is 9.59 Å². The van der Waals surface area contributed by atoms with Crippen LogP contribution in [0.25, 0.3) is 0 Å². The molecule has 1 aromatic carbocycles. The van der Waals surface area contributed by atoms with E-state index in [1.165, 1.54) is 13.1 Å². The minimum atomic E-state index is -1.65. The van der Waals surface area contributed by atoms with Crippen molar-refractivity contribution >= 4 is 23.3 Å². The van der Waals surface area contributed by atoms with Gasteiger partial charge >= 0.3 is 0 Å². The lowest BCUT2D eigenvalue weighted by atomic mass is 10.0. The van der Waals surface area contributed by atoms with E-state index >= 15 is 0 Å². The first-order valence-corrected chi connectivity index (χ1v) is 6.83. The highest BCUT2D eigenvalue weighted by Crippen LogP contribution is 2.32. The normalized spacial score (nSPS) is 19.6. The van der Waals surface area contributed by atoms with Gasteiger partial charge in [-0.2, -0.15) is 0 Å². The van der Waals surface area contributed by atoms with Gasteiger partial charge < -0.3 is 15.4 Å². The number of benzene rings is 1. The zero-order valence-electron chi connectivity index (χ0n) is 12.2. The van der Waals surface area contributed by atoms with E-state index in [2.05, 4.69) is 15.6 Å². The van der Waals surface area contributed by atoms with Crippen molar-refractivity contribution < 1.29 is 14.3 Å². The van der Waals surface area contributed by atoms with E-state index in [1.807, 2.05) is 19.1 Å². The first kappa shape index (κ1) is 14.1. The Kier molecular flexibility index (Phi) is 3.29. The van der Waals surface area contributed by atoms with Gasteiger partial charge in [-0.1, -0.05) is 17.7 Å². The smallest absolute Gasteiger partial charge is 0.279 e. The lowest BCUT2D eigenvalue weighted by Crippen LogP contribution is -2.56. The summed E-state index contributed by atoms with van der Waals surface area (Å²) in [5.74, 6) is -0.413. The van der Waals surface area contributed by atoms with Crippen molar-refractivity contribution in [1.29, 1.82) is 0 Å². The first-order valence-electron chi connectivity index (χ1n) is 6.83. The van der Waals surface area contributed by atoms with Crippen LogP contribution in [-0.2, 0) is 9.59 Å². The van der Waals surface area contributed by atoms with Gasteiger partial charge in [0.1, 0.15) is 0 Å². The Balaban J connectivity index is 1.85. The fraction of sp³-hybridized carbons (Fsp3) is 0.188. The molecule has 0 spiro atoms. The van der Waals surface area contributed by atoms with Crippen LogP contribution >= 0.6 is 0 Å². The number of anilines is 2. The Labute approximate surface area is 127 Å². The maximum Gasteiger partial charge on any atom is 0.279 e. The highest BCUT2D eigenvalue weighted by molar-refractivity contribution is 6.18. The zero-order chi connectivity index (χ0) is 15.7. The van der Waals surface area contributed by atoms with Gasteiger partial charge in [-0.25, -0.2) is 4.98 Å². The molecule has 0 radical (unpaired) electrons. The summed E-state index contributed by atoms with van der Waals surface area (Å²) in [6, 6.07) is 10.6. The van der Waals surface area contributed by atoms with Crippen LogP contribution in [0.5, 0.6) is 5.75 Å². The number of pyridine rings is 1. The summed E-state index contributed by atoms with van der Waals surface area (Å²) in [6.07, 6.45) is 1.54. The number of aromatic nitrogens is 1. The monoisotopic (exact) mass is 297 g/mol. The molecule has 3 rings (SSSR count). The minimum Gasteiger partial charge on any atom is -0.464 e. The van der Waals surface area contributed by atoms with Crippen LogP contribution in [0.15, 0.2) is 42.6 Å². The molecule has 0 bridgehead atoms. The van der Waals surface area contributed by atoms with Crippen LogP contribution in [0, 0.1) is 6.92 Å². The van der Waals surface area contributed by atoms with E-state index in [0.29, 0.717) is 17.3 Å². The second-order valence-corrected chi connectivity index (χ2v) is 5.26. The number of fused-ring (bicyclic) bond motifs is 1. The fourth-order valence-corrected chi connectivity index (χ4v) is 2.10. The Morgan fingerprint density at radius 3 is 2.73 bits per heavy atom. The molecule has 1 aromatic heterocycles. The molecule has 0 fully saturated rings. The molecule has 22 heavy (non-hydrogen) atoms. The predicted molar refractivity (Wildman–Crippen MR) is 81.7 cm³/mol. The summed E-state index contributed by atoms with van der Waals surface area (Å²) >= 11 is 0. The van der Waals surface area contributed by atoms with E-state index in [0.717, 1.165) is 5.56 Å². The summed E-state index contributed by atoms with van der Waals surface area (Å²) in [7, 11) is 0. The number of nitrogens with one attached hydrogen (secondary N) is 2. The van der Waals surface area contributed by atoms with Gasteiger partial charge in [0.05, 0.1) is 0 Å². The molecule has 0 aliphatic carbocycles. The first-order chi connectivity index (χ1) is 10.5. The number of hydrogen-bond donors (Lipinski definition) is 2. The molecular weight excluding hydrogens is 282 g/mol. The average molecular weight is 297 g/mol. The van der Waals surface area contributed by atoms with Gasteiger partial charge in [-0.3, -0.25) is 9.59 Å². The van der Waals surface area contributed by atoms with Crippen LogP contribution in [0.4, 0.5) is 11.5 Å². The maximum atomic E-state index is 12.5. The Bertz CT molecular complexity index is 743. The van der Waals surface area contributed by atoms with Gasteiger partial charge in [0, 0.05) is 11.9 Å². The van der Waals surface area contributed by atoms with Crippen molar-refractivity contribution in [2.75, 3.05) is 10.6 Å². The van der Waals surface area contributed by atoms with Gasteiger partial charge in [-0.15, -0.1) is 0 Å². The van der Waals surface area contributed by atoms with Gasteiger partial charge in [-0.05, 0) is 38.1 Å². The molecule has 112 valence electrons. The molecule has 2 heterocycles. The third-order valence-corrected chi connectivity index (χ3v) is 3.49. The standard InChI is InChI=1S/C16H15N3O3/c1-10-5-7-11(8-6-10)18-14(20)16(2)15(21)19-13-12(22-16)4-3-9-17-13/h3-9H,1-2H3,(H,18,20)(H,17,19,21)/t16-/m1/s1. The number of aryl methyl sites for hydroxylation is 1. The molecule has 6 nitrogen and oxygen atoms in total. The van der Waals surface area contributed by atoms with Crippen LogP contribution in [-0.4, -0.2) is 22.4 Å². The van der Waals surface area contributed by atoms with Crippen molar-refractivity contribution in [1.82, 2.24) is 4.98 Å². The van der Waals surface area contributed by atoms with Crippen molar-refractivity contribution in [2.24, 2.45) is 0 Å². The molecular formula is C16H15N3O3. The summed E-state index contributed by atoms with van der Waals surface area (Å²) < 4.78 is 5.60. The number of carbonyl (C=O) groups is 2. The molecule has 1 aliphatic rings. The highest BCUT2D eigenvalue weighted by atomic mass is 16.5. The number of nitrogens with zero attached hydrogens (tertiary/aromatic N) is 1. The van der Waals surface area contributed by atoms with Crippen molar-refractivity contribution in [3.63, 3.8) is 0 Å². The quantitative estimate of drug-likeness (QED) is 0.832. The van der Waals surface area contributed by atoms with E-state index in [1.54, 1.807) is 24.3 Å². The molecule has 0 saturated carbocycles. The predicted octanol–water partition coefficient (Wildman–Crippen LogP) is 2.12. The second kappa shape index (κ2) is 5.14. The molecule has 0 saturated heterocycles. The van der Waals surface area contributed by atoms with Crippen LogP contribution in [0.1, 0.15) is 12.5 Å². The number of hydrogen-bond acceptors (Lipinski definition) is 4. The maximum absolute atomic E-state index is 12.5. The summed E-state index contributed by atoms with van der Waals surface area (Å²) in [4.78, 5) is 28.7. The fourth-order valence-electron chi connectivity index (χ4n) is 2.10. The Hall–Kier alpha value is -2.89. The van der Waals surface area contributed by atoms with Gasteiger partial charge in [0.25, 0.3) is 17.4 Å². The Morgan fingerprint density at radius 2 is 2.00 bits per heavy atom. The van der Waals surface area contributed by atoms with E-state index < -0.39 is 17.4 Å². The van der Waals surface area contributed by atoms with Crippen LogP contribution < -0.4 is 15.4 Å². The van der Waals surface area contributed by atoms with Crippen LogP contribution in [0.3, 0.4) is 0 Å². The SMILES string of the molecule is Cc1ccc(NC(=O)[C@@]2(C)Oc3cccnc3NC2=O)cc1. The molecule has 1 aliphatic heterocycles. The number of amides is 2. The van der Waals surface area contributed by atoms with Gasteiger partial charge in [0.2, 0.25) is 0 Å². The lowest BCUT2D eigenvalue weighted by Gasteiger charge is -2.32. The minimum absolute atomic E-state index is 0.313. The second-order valence-electron chi connectivity index (χ2n) is 5.26. The molecule has 1 atom stereocenters. The summed E-state index contributed by atoms with van der Waals surface area (Å²) in [5, 5.41) is 5.29. The summed E-state index contributed by atoms with van der Waals surface area (Å²) in [6.45, 7) is 3.39. The number of carbonyl (C=O) groups excluding carboxylic acids is 2. The highest BCUT2D eigenvalue weighted by Gasteiger charge is 2.47. The molecule has 2 aromatic rings.